The van der Waals surface area contributed by atoms with Crippen LogP contribution in [0.1, 0.15) is 44.0 Å². The second-order valence-electron chi connectivity index (χ2n) is 7.57. The van der Waals surface area contributed by atoms with Crippen molar-refractivity contribution < 1.29 is 24.6 Å². The summed E-state index contributed by atoms with van der Waals surface area (Å²) in [5, 5.41) is 20.8. The summed E-state index contributed by atoms with van der Waals surface area (Å²) < 4.78 is 1.54. The van der Waals surface area contributed by atoms with Gasteiger partial charge in [0.05, 0.1) is 0 Å². The van der Waals surface area contributed by atoms with E-state index in [9.17, 15) is 24.6 Å². The van der Waals surface area contributed by atoms with Crippen LogP contribution in [0.4, 0.5) is 0 Å². The highest BCUT2D eigenvalue weighted by molar-refractivity contribution is 6.03. The van der Waals surface area contributed by atoms with Gasteiger partial charge in [-0.05, 0) is 30.5 Å². The molecule has 2 heterocycles. The number of hydrogen-bond donors (Lipinski definition) is 3. The molecule has 4 N–H and O–H groups in total. The number of nitrogens with zero attached hydrogens (tertiary/aromatic N) is 2. The van der Waals surface area contributed by atoms with Gasteiger partial charge in [-0.3, -0.25) is 9.59 Å². The Balaban J connectivity index is 2.32. The van der Waals surface area contributed by atoms with E-state index >= 15 is 0 Å². The number of carboxylic acids is 2. The van der Waals surface area contributed by atoms with Gasteiger partial charge in [0.25, 0.3) is 0 Å². The zero-order valence-corrected chi connectivity index (χ0v) is 17.1. The molecule has 8 nitrogen and oxygen atoms in total. The largest absolute Gasteiger partial charge is 0.481 e. The predicted octanol–water partition coefficient (Wildman–Crippen LogP) is 2.24. The van der Waals surface area contributed by atoms with Crippen molar-refractivity contribution in [3.05, 3.63) is 59.9 Å². The number of aromatic nitrogens is 1. The third-order valence-corrected chi connectivity index (χ3v) is 6.51. The smallest absolute Gasteiger partial charge is 0.330 e. The van der Waals surface area contributed by atoms with E-state index in [4.69, 9.17) is 5.73 Å². The molecule has 3 unspecified atom stereocenters. The first-order valence-electron chi connectivity index (χ1n) is 9.99. The topological polar surface area (TPSA) is 126 Å². The van der Waals surface area contributed by atoms with Crippen molar-refractivity contribution in [2.45, 2.75) is 51.4 Å². The van der Waals surface area contributed by atoms with Crippen molar-refractivity contribution in [1.29, 1.82) is 0 Å². The number of nitrogens with two attached hydrogens (primary N) is 1. The lowest BCUT2D eigenvalue weighted by molar-refractivity contribution is -0.174. The summed E-state index contributed by atoms with van der Waals surface area (Å²) in [6.07, 6.45) is 1.52. The van der Waals surface area contributed by atoms with E-state index in [1.165, 1.54) is 9.47 Å². The van der Waals surface area contributed by atoms with Crippen LogP contribution in [0.3, 0.4) is 0 Å². The number of rotatable bonds is 8. The molecule has 1 aliphatic heterocycles. The van der Waals surface area contributed by atoms with E-state index in [1.54, 1.807) is 56.4 Å². The number of carboxylic acid groups (broad SMARTS) is 2. The molecule has 2 aromatic rings. The lowest BCUT2D eigenvalue weighted by Crippen LogP contribution is -2.62. The van der Waals surface area contributed by atoms with Gasteiger partial charge < -0.3 is 25.4 Å². The van der Waals surface area contributed by atoms with Crippen LogP contribution in [0.2, 0.25) is 0 Å². The Morgan fingerprint density at radius 2 is 1.70 bits per heavy atom. The van der Waals surface area contributed by atoms with E-state index in [1.807, 2.05) is 6.07 Å². The van der Waals surface area contributed by atoms with Gasteiger partial charge in [-0.25, -0.2) is 4.79 Å². The summed E-state index contributed by atoms with van der Waals surface area (Å²) in [6.45, 7) is 3.35. The number of hydrogen-bond acceptors (Lipinski definition) is 4. The lowest BCUT2D eigenvalue weighted by Gasteiger charge is -2.44. The van der Waals surface area contributed by atoms with Crippen LogP contribution in [0.15, 0.2) is 48.7 Å². The Morgan fingerprint density at radius 3 is 2.20 bits per heavy atom. The van der Waals surface area contributed by atoms with Crippen LogP contribution in [-0.4, -0.2) is 43.1 Å². The SMILES string of the molecule is CCC1(C(=O)O)C(n2cccc2CN)C(=O)N(Cc2ccccc2)C1(CC)C(=O)O. The molecular weight excluding hydrogens is 386 g/mol. The molecule has 1 fully saturated rings. The highest BCUT2D eigenvalue weighted by Crippen LogP contribution is 2.57. The molecule has 8 heteroatoms. The molecular formula is C22H27N3O5. The fourth-order valence-electron chi connectivity index (χ4n) is 5.10. The summed E-state index contributed by atoms with van der Waals surface area (Å²) in [5.74, 6) is -3.15. The molecule has 0 bridgehead atoms. The maximum atomic E-state index is 13.8. The van der Waals surface area contributed by atoms with Gasteiger partial charge in [0.1, 0.15) is 11.5 Å². The summed E-state index contributed by atoms with van der Waals surface area (Å²) >= 11 is 0. The van der Waals surface area contributed by atoms with E-state index < -0.39 is 34.8 Å². The van der Waals surface area contributed by atoms with Crippen molar-refractivity contribution in [1.82, 2.24) is 9.47 Å². The van der Waals surface area contributed by atoms with E-state index in [2.05, 4.69) is 0 Å². The number of amides is 1. The maximum Gasteiger partial charge on any atom is 0.330 e. The van der Waals surface area contributed by atoms with Crippen molar-refractivity contribution in [2.24, 2.45) is 11.1 Å². The monoisotopic (exact) mass is 413 g/mol. The van der Waals surface area contributed by atoms with Crippen LogP contribution < -0.4 is 5.73 Å². The molecule has 1 aliphatic rings. The molecule has 1 saturated heterocycles. The molecule has 0 radical (unpaired) electrons. The molecule has 30 heavy (non-hydrogen) atoms. The molecule has 0 saturated carbocycles. The quantitative estimate of drug-likeness (QED) is 0.609. The summed E-state index contributed by atoms with van der Waals surface area (Å²) in [4.78, 5) is 40.6. The Bertz CT molecular complexity index is 957. The Hall–Kier alpha value is -3.13. The highest BCUT2D eigenvalue weighted by Gasteiger charge is 2.75. The molecule has 3 atom stereocenters. The normalized spacial score (nSPS) is 26.2. The first-order valence-corrected chi connectivity index (χ1v) is 9.99. The number of carbonyl (C=O) groups is 3. The predicted molar refractivity (Wildman–Crippen MR) is 109 cm³/mol. The van der Waals surface area contributed by atoms with Gasteiger partial charge in [-0.2, -0.15) is 0 Å². The first-order chi connectivity index (χ1) is 14.3. The van der Waals surface area contributed by atoms with Gasteiger partial charge in [0.15, 0.2) is 5.54 Å². The number of aliphatic carboxylic acids is 2. The van der Waals surface area contributed by atoms with Gasteiger partial charge >= 0.3 is 11.9 Å². The standard InChI is InChI=1S/C22H27N3O5/c1-3-21(19(27)28)17(24-12-8-11-16(24)13-23)18(26)25(22(21,4-2)20(29)30)14-15-9-6-5-7-10-15/h5-12,17H,3-4,13-14,23H2,1-2H3,(H,27,28)(H,29,30). The van der Waals surface area contributed by atoms with E-state index in [0.717, 1.165) is 5.56 Å². The Morgan fingerprint density at radius 1 is 1.03 bits per heavy atom. The average Bonchev–Trinajstić information content (AvgIpc) is 3.28. The number of likely N-dealkylation sites (tertiary alicyclic amines) is 1. The third-order valence-electron chi connectivity index (χ3n) is 6.51. The van der Waals surface area contributed by atoms with E-state index in [-0.39, 0.29) is 25.9 Å². The van der Waals surface area contributed by atoms with Crippen LogP contribution in [0.5, 0.6) is 0 Å². The van der Waals surface area contributed by atoms with Gasteiger partial charge in [-0.15, -0.1) is 0 Å². The second-order valence-corrected chi connectivity index (χ2v) is 7.57. The molecule has 1 aromatic carbocycles. The van der Waals surface area contributed by atoms with Crippen molar-refractivity contribution >= 4 is 17.8 Å². The number of benzene rings is 1. The fourth-order valence-corrected chi connectivity index (χ4v) is 5.10. The third kappa shape index (κ3) is 2.74. The summed E-state index contributed by atoms with van der Waals surface area (Å²) in [7, 11) is 0. The summed E-state index contributed by atoms with van der Waals surface area (Å²) in [6, 6.07) is 11.2. The van der Waals surface area contributed by atoms with Gasteiger partial charge in [-0.1, -0.05) is 44.2 Å². The molecule has 1 amide bonds. The van der Waals surface area contributed by atoms with E-state index in [0.29, 0.717) is 5.69 Å². The molecule has 0 spiro atoms. The molecule has 0 aliphatic carbocycles. The minimum absolute atomic E-state index is 0.00453. The van der Waals surface area contributed by atoms with Crippen LogP contribution in [0.25, 0.3) is 0 Å². The average molecular weight is 413 g/mol. The Labute approximate surface area is 174 Å². The van der Waals surface area contributed by atoms with Crippen LogP contribution >= 0.6 is 0 Å². The molecule has 3 rings (SSSR count). The summed E-state index contributed by atoms with van der Waals surface area (Å²) in [5.41, 5.74) is 3.34. The highest BCUT2D eigenvalue weighted by atomic mass is 16.4. The Kier molecular flexibility index (Phi) is 5.72. The minimum atomic E-state index is -1.92. The minimum Gasteiger partial charge on any atom is -0.481 e. The zero-order chi connectivity index (χ0) is 22.1. The lowest BCUT2D eigenvalue weighted by atomic mass is 9.64. The molecule has 160 valence electrons. The van der Waals surface area contributed by atoms with Gasteiger partial charge in [0, 0.05) is 25.0 Å². The van der Waals surface area contributed by atoms with Crippen molar-refractivity contribution in [3.8, 4) is 0 Å². The van der Waals surface area contributed by atoms with Gasteiger partial charge in [0.2, 0.25) is 5.91 Å². The fraction of sp³-hybridized carbons (Fsp3) is 0.409. The second kappa shape index (κ2) is 7.95. The number of carbonyl (C=O) groups excluding carboxylic acids is 1. The van der Waals surface area contributed by atoms with Crippen molar-refractivity contribution in [2.75, 3.05) is 0 Å². The molecule has 1 aromatic heterocycles. The zero-order valence-electron chi connectivity index (χ0n) is 17.1. The maximum absolute atomic E-state index is 13.8. The van der Waals surface area contributed by atoms with Crippen LogP contribution in [-0.2, 0) is 27.5 Å². The van der Waals surface area contributed by atoms with Crippen molar-refractivity contribution in [3.63, 3.8) is 0 Å². The first kappa shape index (κ1) is 21.6. The van der Waals surface area contributed by atoms with Crippen LogP contribution in [0, 0.1) is 5.41 Å².